The van der Waals surface area contributed by atoms with Crippen molar-refractivity contribution in [3.05, 3.63) is 41.2 Å². The van der Waals surface area contributed by atoms with Crippen LogP contribution < -0.4 is 4.74 Å². The van der Waals surface area contributed by atoms with Crippen LogP contribution in [-0.2, 0) is 14.3 Å². The molecule has 6 nitrogen and oxygen atoms in total. The first-order valence-electron chi connectivity index (χ1n) is 11.6. The third kappa shape index (κ3) is 4.36. The summed E-state index contributed by atoms with van der Waals surface area (Å²) < 4.78 is 11.9. The van der Waals surface area contributed by atoms with Crippen LogP contribution in [0.2, 0.25) is 0 Å². The van der Waals surface area contributed by atoms with Crippen molar-refractivity contribution in [2.24, 2.45) is 5.92 Å². The molecule has 1 amide bonds. The lowest BCUT2D eigenvalue weighted by atomic mass is 9.77. The lowest BCUT2D eigenvalue weighted by Crippen LogP contribution is -2.39. The molecule has 0 bridgehead atoms. The molecule has 2 heterocycles. The van der Waals surface area contributed by atoms with E-state index in [0.717, 1.165) is 56.4 Å². The molecule has 0 aromatic heterocycles. The fourth-order valence-corrected chi connectivity index (χ4v) is 4.99. The second kappa shape index (κ2) is 9.43. The van der Waals surface area contributed by atoms with E-state index in [1.807, 2.05) is 43.3 Å². The van der Waals surface area contributed by atoms with E-state index in [2.05, 4.69) is 11.8 Å². The highest BCUT2D eigenvalue weighted by Gasteiger charge is 2.51. The number of ketones is 1. The Labute approximate surface area is 185 Å². The number of carbonyl (C=O) groups excluding carboxylic acids is 2. The van der Waals surface area contributed by atoms with E-state index in [1.165, 1.54) is 0 Å². The second-order valence-electron chi connectivity index (χ2n) is 9.13. The minimum absolute atomic E-state index is 0.114. The summed E-state index contributed by atoms with van der Waals surface area (Å²) in [5.74, 6) is 0.973. The molecular weight excluding hydrogens is 392 g/mol. The number of carbonyl (C=O) groups is 2. The monoisotopic (exact) mass is 426 g/mol. The predicted molar refractivity (Wildman–Crippen MR) is 119 cm³/mol. The van der Waals surface area contributed by atoms with Crippen LogP contribution in [-0.4, -0.2) is 61.4 Å². The molecule has 31 heavy (non-hydrogen) atoms. The van der Waals surface area contributed by atoms with E-state index >= 15 is 0 Å². The van der Waals surface area contributed by atoms with Gasteiger partial charge in [0.05, 0.1) is 24.1 Å². The average molecular weight is 427 g/mol. The van der Waals surface area contributed by atoms with Gasteiger partial charge in [0, 0.05) is 6.54 Å². The molecule has 1 saturated carbocycles. The number of nitrogens with zero attached hydrogens (tertiary/aromatic N) is 2. The maximum Gasteiger partial charge on any atom is 0.290 e. The van der Waals surface area contributed by atoms with Gasteiger partial charge in [-0.3, -0.25) is 9.59 Å². The van der Waals surface area contributed by atoms with E-state index in [9.17, 15) is 9.59 Å². The fraction of sp³-hybridized carbons (Fsp3) is 0.600. The van der Waals surface area contributed by atoms with Gasteiger partial charge >= 0.3 is 0 Å². The standard InChI is InChI=1S/C25H34N2O4/c1-4-16-30-18-12-10-17(11-13-18)22-21-23(28)19-8-5-6-9-20(19)31-24(21)25(29)27(22)15-7-14-26(2)3/h10-13,19-20,22H,4-9,14-16H2,1-3H3. The first-order chi connectivity index (χ1) is 15.0. The molecule has 1 aliphatic carbocycles. The average Bonchev–Trinajstić information content (AvgIpc) is 3.05. The van der Waals surface area contributed by atoms with E-state index in [4.69, 9.17) is 9.47 Å². The molecule has 0 N–H and O–H groups in total. The van der Waals surface area contributed by atoms with Crippen LogP contribution in [0.4, 0.5) is 0 Å². The number of ether oxygens (including phenoxy) is 2. The Morgan fingerprint density at radius 1 is 1.13 bits per heavy atom. The van der Waals surface area contributed by atoms with Crippen LogP contribution in [0.3, 0.4) is 0 Å². The summed E-state index contributed by atoms with van der Waals surface area (Å²) in [6.07, 6.45) is 5.46. The summed E-state index contributed by atoms with van der Waals surface area (Å²) in [4.78, 5) is 30.9. The van der Waals surface area contributed by atoms with Gasteiger partial charge in [-0.1, -0.05) is 25.5 Å². The maximum atomic E-state index is 13.6. The molecule has 3 unspecified atom stereocenters. The Morgan fingerprint density at radius 3 is 2.58 bits per heavy atom. The molecule has 1 aromatic rings. The molecule has 0 radical (unpaired) electrons. The number of Topliss-reactive ketones (excluding diaryl/α,β-unsaturated/α-hetero) is 1. The molecule has 3 atom stereocenters. The second-order valence-corrected chi connectivity index (χ2v) is 9.13. The SMILES string of the molecule is CCCOc1ccc(C2C3=C(OC4CCCCC4C3=O)C(=O)N2CCCN(C)C)cc1. The van der Waals surface area contributed by atoms with Crippen LogP contribution >= 0.6 is 0 Å². The number of hydrogen-bond acceptors (Lipinski definition) is 5. The fourth-order valence-electron chi connectivity index (χ4n) is 4.99. The number of amides is 1. The minimum Gasteiger partial charge on any atom is -0.494 e. The topological polar surface area (TPSA) is 59.1 Å². The van der Waals surface area contributed by atoms with Crippen LogP contribution in [0.5, 0.6) is 5.75 Å². The molecule has 1 aromatic carbocycles. The highest BCUT2D eigenvalue weighted by Crippen LogP contribution is 2.46. The van der Waals surface area contributed by atoms with Gasteiger partial charge < -0.3 is 19.3 Å². The molecular formula is C25H34N2O4. The third-order valence-electron chi connectivity index (χ3n) is 6.53. The van der Waals surface area contributed by atoms with Crippen molar-refractivity contribution in [1.82, 2.24) is 9.80 Å². The predicted octanol–water partition coefficient (Wildman–Crippen LogP) is 3.72. The zero-order valence-corrected chi connectivity index (χ0v) is 18.9. The van der Waals surface area contributed by atoms with E-state index in [-0.39, 0.29) is 29.8 Å². The van der Waals surface area contributed by atoms with E-state index in [0.29, 0.717) is 24.5 Å². The van der Waals surface area contributed by atoms with Crippen molar-refractivity contribution in [3.63, 3.8) is 0 Å². The molecule has 6 heteroatoms. The smallest absolute Gasteiger partial charge is 0.290 e. The van der Waals surface area contributed by atoms with Crippen molar-refractivity contribution in [1.29, 1.82) is 0 Å². The van der Waals surface area contributed by atoms with Gasteiger partial charge in [0.1, 0.15) is 11.9 Å². The van der Waals surface area contributed by atoms with Crippen LogP contribution in [0.15, 0.2) is 35.6 Å². The Kier molecular flexibility index (Phi) is 6.65. The van der Waals surface area contributed by atoms with Crippen molar-refractivity contribution in [3.8, 4) is 5.75 Å². The minimum atomic E-state index is -0.375. The quantitative estimate of drug-likeness (QED) is 0.634. The molecule has 2 aliphatic heterocycles. The van der Waals surface area contributed by atoms with Crippen LogP contribution in [0.1, 0.15) is 57.1 Å². The third-order valence-corrected chi connectivity index (χ3v) is 6.53. The molecule has 0 saturated heterocycles. The molecule has 168 valence electrons. The van der Waals surface area contributed by atoms with Crippen LogP contribution in [0.25, 0.3) is 0 Å². The van der Waals surface area contributed by atoms with E-state index in [1.54, 1.807) is 0 Å². The van der Waals surface area contributed by atoms with Crippen molar-refractivity contribution < 1.29 is 19.1 Å². The number of fused-ring (bicyclic) bond motifs is 1. The van der Waals surface area contributed by atoms with Gasteiger partial charge in [-0.15, -0.1) is 0 Å². The highest BCUT2D eigenvalue weighted by molar-refractivity contribution is 6.11. The Hall–Kier alpha value is -2.34. The summed E-state index contributed by atoms with van der Waals surface area (Å²) in [5, 5.41) is 0. The van der Waals surface area contributed by atoms with Gasteiger partial charge in [0.2, 0.25) is 0 Å². The lowest BCUT2D eigenvalue weighted by Gasteiger charge is -2.35. The first-order valence-corrected chi connectivity index (χ1v) is 11.6. The summed E-state index contributed by atoms with van der Waals surface area (Å²) in [6, 6.07) is 7.46. The Morgan fingerprint density at radius 2 is 1.87 bits per heavy atom. The number of hydrogen-bond donors (Lipinski definition) is 0. The largest absolute Gasteiger partial charge is 0.494 e. The molecule has 0 spiro atoms. The Bertz CT molecular complexity index is 846. The van der Waals surface area contributed by atoms with Crippen molar-refractivity contribution >= 4 is 11.7 Å². The summed E-state index contributed by atoms with van der Waals surface area (Å²) >= 11 is 0. The summed E-state index contributed by atoms with van der Waals surface area (Å²) in [6.45, 7) is 4.22. The maximum absolute atomic E-state index is 13.6. The molecule has 4 rings (SSSR count). The molecule has 3 aliphatic rings. The van der Waals surface area contributed by atoms with Gasteiger partial charge in [-0.2, -0.15) is 0 Å². The van der Waals surface area contributed by atoms with E-state index < -0.39 is 0 Å². The zero-order chi connectivity index (χ0) is 22.0. The van der Waals surface area contributed by atoms with Gasteiger partial charge in [-0.25, -0.2) is 0 Å². The van der Waals surface area contributed by atoms with Gasteiger partial charge in [-0.05, 0) is 70.4 Å². The number of rotatable bonds is 8. The summed E-state index contributed by atoms with van der Waals surface area (Å²) in [5.41, 5.74) is 1.51. The van der Waals surface area contributed by atoms with Gasteiger partial charge in [0.15, 0.2) is 11.5 Å². The Balaban J connectivity index is 1.65. The molecule has 1 fully saturated rings. The van der Waals surface area contributed by atoms with Gasteiger partial charge in [0.25, 0.3) is 5.91 Å². The highest BCUT2D eigenvalue weighted by atomic mass is 16.5. The normalized spacial score (nSPS) is 25.5. The van der Waals surface area contributed by atoms with Crippen LogP contribution in [0, 0.1) is 5.92 Å². The number of benzene rings is 1. The summed E-state index contributed by atoms with van der Waals surface area (Å²) in [7, 11) is 4.05. The first kappa shape index (κ1) is 21.9. The zero-order valence-electron chi connectivity index (χ0n) is 18.9. The van der Waals surface area contributed by atoms with Crippen molar-refractivity contribution in [2.45, 2.75) is 57.6 Å². The lowest BCUT2D eigenvalue weighted by molar-refractivity contribution is -0.135. The van der Waals surface area contributed by atoms with Crippen molar-refractivity contribution in [2.75, 3.05) is 33.8 Å².